The first-order valence-corrected chi connectivity index (χ1v) is 9.16. The number of aromatic nitrogens is 4. The highest BCUT2D eigenvalue weighted by Crippen LogP contribution is 2.36. The van der Waals surface area contributed by atoms with Crippen LogP contribution >= 0.6 is 0 Å². The Morgan fingerprint density at radius 2 is 1.88 bits per heavy atom. The van der Waals surface area contributed by atoms with Crippen molar-refractivity contribution in [2.75, 3.05) is 7.11 Å². The van der Waals surface area contributed by atoms with Crippen LogP contribution in [-0.4, -0.2) is 26.9 Å². The summed E-state index contributed by atoms with van der Waals surface area (Å²) in [5.41, 5.74) is -4.59. The van der Waals surface area contributed by atoms with Gasteiger partial charge in [0.15, 0.2) is 17.3 Å². The van der Waals surface area contributed by atoms with Gasteiger partial charge in [-0.15, -0.1) is 10.2 Å². The van der Waals surface area contributed by atoms with E-state index in [9.17, 15) is 31.1 Å². The summed E-state index contributed by atoms with van der Waals surface area (Å²) in [5, 5.41) is 6.81. The van der Waals surface area contributed by atoms with E-state index in [0.717, 1.165) is 31.4 Å². The predicted octanol–water partition coefficient (Wildman–Crippen LogP) is 4.70. The maximum absolute atomic E-state index is 14.4. The Hall–Kier alpha value is -4.15. The lowest BCUT2D eigenvalue weighted by atomic mass is 10.2. The van der Waals surface area contributed by atoms with Gasteiger partial charge >= 0.3 is 6.18 Å². The van der Waals surface area contributed by atoms with E-state index in [-0.39, 0.29) is 11.4 Å². The van der Waals surface area contributed by atoms with Crippen LogP contribution < -0.4 is 15.0 Å². The van der Waals surface area contributed by atoms with Crippen molar-refractivity contribution >= 4 is 5.69 Å². The molecule has 0 aliphatic rings. The number of halogens is 6. The molecule has 0 fully saturated rings. The topological polar surface area (TPSA) is 83.5 Å². The highest BCUT2D eigenvalue weighted by molar-refractivity contribution is 5.52. The maximum atomic E-state index is 14.4. The van der Waals surface area contributed by atoms with Crippen LogP contribution in [0.15, 0.2) is 35.4 Å². The van der Waals surface area contributed by atoms with Gasteiger partial charge in [0.2, 0.25) is 17.3 Å². The summed E-state index contributed by atoms with van der Waals surface area (Å²) >= 11 is 0. The normalized spacial score (nSPS) is 11.7. The molecule has 0 radical (unpaired) electrons. The smallest absolute Gasteiger partial charge is 0.437 e. The molecule has 0 aliphatic carbocycles. The van der Waals surface area contributed by atoms with Gasteiger partial charge in [0.25, 0.3) is 11.5 Å². The van der Waals surface area contributed by atoms with Gasteiger partial charge in [-0.05, 0) is 12.1 Å². The second kappa shape index (κ2) is 9.00. The van der Waals surface area contributed by atoms with E-state index in [1.165, 1.54) is 0 Å². The maximum Gasteiger partial charge on any atom is 0.437 e. The van der Waals surface area contributed by atoms with Crippen molar-refractivity contribution in [1.29, 1.82) is 0 Å². The molecule has 0 N–H and O–H groups in total. The molecule has 8 nitrogen and oxygen atoms in total. The van der Waals surface area contributed by atoms with E-state index in [1.807, 2.05) is 0 Å². The Bertz CT molecular complexity index is 1330. The van der Waals surface area contributed by atoms with Crippen molar-refractivity contribution in [2.45, 2.75) is 25.6 Å². The molecule has 3 aromatic rings. The Balaban J connectivity index is 2.14. The van der Waals surface area contributed by atoms with Crippen molar-refractivity contribution in [1.82, 2.24) is 19.7 Å². The summed E-state index contributed by atoms with van der Waals surface area (Å²) in [4.78, 5) is 19.0. The highest BCUT2D eigenvalue weighted by Gasteiger charge is 2.39. The van der Waals surface area contributed by atoms with Crippen LogP contribution in [-0.2, 0) is 18.6 Å². The molecule has 0 spiro atoms. The van der Waals surface area contributed by atoms with E-state index < -0.39 is 58.6 Å². The molecule has 1 aromatic carbocycles. The number of ether oxygens (including phenoxy) is 2. The lowest BCUT2D eigenvalue weighted by molar-refractivity contribution is -0.142. The number of alkyl halides is 5. The van der Waals surface area contributed by atoms with Gasteiger partial charge in [0.05, 0.1) is 26.6 Å². The van der Waals surface area contributed by atoms with Crippen LogP contribution in [0.25, 0.3) is 4.85 Å². The standard InChI is InChI=1S/C20H13F6N5O3/c1-19(22,23)13-7-10(17(33-3)30-29-13)8-31-9-28-16(20(24,25)26)15(18(31)32)34-12-6-4-5-11(27-2)14(12)21/h4-7,9H,8H2,1,3H3. The summed E-state index contributed by atoms with van der Waals surface area (Å²) in [7, 11) is 1.15. The lowest BCUT2D eigenvalue weighted by Gasteiger charge is -2.16. The van der Waals surface area contributed by atoms with Crippen molar-refractivity contribution in [3.63, 3.8) is 0 Å². The number of methoxy groups -OCH3 is 1. The van der Waals surface area contributed by atoms with Gasteiger partial charge < -0.3 is 9.47 Å². The van der Waals surface area contributed by atoms with E-state index in [2.05, 4.69) is 20.0 Å². The van der Waals surface area contributed by atoms with Gasteiger partial charge in [0, 0.05) is 12.5 Å². The first kappa shape index (κ1) is 24.5. The predicted molar refractivity (Wildman–Crippen MR) is 103 cm³/mol. The fourth-order valence-electron chi connectivity index (χ4n) is 2.75. The van der Waals surface area contributed by atoms with Crippen LogP contribution in [0.2, 0.25) is 0 Å². The SMILES string of the molecule is [C-]#[N+]c1cccc(Oc2c(C(F)(F)F)ncn(Cc3cc(C(C)(F)F)nnc3OC)c2=O)c1F. The highest BCUT2D eigenvalue weighted by atomic mass is 19.4. The van der Waals surface area contributed by atoms with Crippen molar-refractivity contribution in [2.24, 2.45) is 0 Å². The number of nitrogens with zero attached hydrogens (tertiary/aromatic N) is 5. The van der Waals surface area contributed by atoms with Crippen molar-refractivity contribution in [3.8, 4) is 17.4 Å². The molecule has 2 aromatic heterocycles. The fraction of sp³-hybridized carbons (Fsp3) is 0.250. The molecule has 0 saturated heterocycles. The minimum absolute atomic E-state index is 0.121. The van der Waals surface area contributed by atoms with E-state index in [0.29, 0.717) is 17.8 Å². The summed E-state index contributed by atoms with van der Waals surface area (Å²) in [6.45, 7) is 6.85. The number of hydrogen-bond donors (Lipinski definition) is 0. The van der Waals surface area contributed by atoms with Gasteiger partial charge in [-0.2, -0.15) is 22.0 Å². The number of rotatable bonds is 6. The third kappa shape index (κ3) is 4.92. The Kier molecular flexibility index (Phi) is 6.49. The van der Waals surface area contributed by atoms with Crippen LogP contribution in [0.4, 0.5) is 32.0 Å². The monoisotopic (exact) mass is 485 g/mol. The average molecular weight is 485 g/mol. The second-order valence-electron chi connectivity index (χ2n) is 6.81. The van der Waals surface area contributed by atoms with E-state index in [1.54, 1.807) is 0 Å². The van der Waals surface area contributed by atoms with Gasteiger partial charge in [-0.3, -0.25) is 9.36 Å². The fourth-order valence-corrected chi connectivity index (χ4v) is 2.75. The summed E-state index contributed by atoms with van der Waals surface area (Å²) < 4.78 is 92.6. The minimum atomic E-state index is -5.16. The zero-order chi connectivity index (χ0) is 25.3. The molecule has 0 bridgehead atoms. The van der Waals surface area contributed by atoms with Gasteiger partial charge in [-0.25, -0.2) is 14.2 Å². The minimum Gasteiger partial charge on any atom is -0.480 e. The molecule has 0 aliphatic heterocycles. The van der Waals surface area contributed by atoms with E-state index in [4.69, 9.17) is 16.0 Å². The Morgan fingerprint density at radius 1 is 1.18 bits per heavy atom. The Labute approximate surface area is 187 Å². The summed E-state index contributed by atoms with van der Waals surface area (Å²) in [5.74, 6) is -7.14. The quantitative estimate of drug-likeness (QED) is 0.372. The van der Waals surface area contributed by atoms with Crippen molar-refractivity contribution in [3.05, 3.63) is 75.1 Å². The second-order valence-corrected chi connectivity index (χ2v) is 6.81. The third-order valence-corrected chi connectivity index (χ3v) is 4.36. The van der Waals surface area contributed by atoms with E-state index >= 15 is 0 Å². The number of hydrogen-bond acceptors (Lipinski definition) is 6. The molecule has 34 heavy (non-hydrogen) atoms. The molecule has 0 amide bonds. The molecular weight excluding hydrogens is 472 g/mol. The lowest BCUT2D eigenvalue weighted by Crippen LogP contribution is -2.27. The first-order valence-electron chi connectivity index (χ1n) is 9.16. The third-order valence-electron chi connectivity index (χ3n) is 4.36. The van der Waals surface area contributed by atoms with Crippen LogP contribution in [0.3, 0.4) is 0 Å². The zero-order valence-corrected chi connectivity index (χ0v) is 17.3. The molecule has 0 saturated carbocycles. The Morgan fingerprint density at radius 3 is 2.47 bits per heavy atom. The van der Waals surface area contributed by atoms with Crippen LogP contribution in [0, 0.1) is 12.4 Å². The van der Waals surface area contributed by atoms with Gasteiger partial charge in [-0.1, -0.05) is 12.1 Å². The van der Waals surface area contributed by atoms with Gasteiger partial charge in [0.1, 0.15) is 5.69 Å². The molecule has 0 unspecified atom stereocenters. The molecule has 3 rings (SSSR count). The summed E-state index contributed by atoms with van der Waals surface area (Å²) in [6, 6.07) is 4.00. The van der Waals surface area contributed by atoms with Crippen LogP contribution in [0.1, 0.15) is 23.9 Å². The van der Waals surface area contributed by atoms with Crippen LogP contribution in [0.5, 0.6) is 17.4 Å². The molecule has 2 heterocycles. The molecule has 0 atom stereocenters. The number of benzene rings is 1. The zero-order valence-electron chi connectivity index (χ0n) is 17.3. The molecular formula is C20H13F6N5O3. The first-order chi connectivity index (χ1) is 15.9. The summed E-state index contributed by atoms with van der Waals surface area (Å²) in [6.07, 6.45) is -4.64. The van der Waals surface area contributed by atoms with Crippen molar-refractivity contribution < 1.29 is 35.8 Å². The largest absolute Gasteiger partial charge is 0.480 e. The average Bonchev–Trinajstić information content (AvgIpc) is 2.76. The molecule has 178 valence electrons. The molecule has 14 heteroatoms.